The van der Waals surface area contributed by atoms with Crippen LogP contribution in [0.4, 0.5) is 0 Å². The quantitative estimate of drug-likeness (QED) is 0.714. The minimum Gasteiger partial charge on any atom is -0.389 e. The van der Waals surface area contributed by atoms with Crippen LogP contribution in [0.2, 0.25) is 0 Å². The molecule has 0 aliphatic carbocycles. The van der Waals surface area contributed by atoms with Gasteiger partial charge < -0.3 is 14.6 Å². The Morgan fingerprint density at radius 1 is 1.42 bits per heavy atom. The monoisotopic (exact) mass is 287 g/mol. The van der Waals surface area contributed by atoms with Crippen molar-refractivity contribution in [3.8, 4) is 0 Å². The lowest BCUT2D eigenvalue weighted by molar-refractivity contribution is -0.0119. The second-order valence-corrected chi connectivity index (χ2v) is 5.88. The van der Waals surface area contributed by atoms with Crippen LogP contribution in [-0.2, 0) is 16.0 Å². The molecule has 1 rings (SSSR count). The maximum Gasteiger partial charge on any atom is 0.0900 e. The van der Waals surface area contributed by atoms with Gasteiger partial charge >= 0.3 is 0 Å². The van der Waals surface area contributed by atoms with Gasteiger partial charge in [0.05, 0.1) is 25.4 Å². The van der Waals surface area contributed by atoms with E-state index in [1.54, 1.807) is 18.4 Å². The van der Waals surface area contributed by atoms with Gasteiger partial charge in [0, 0.05) is 31.6 Å². The first-order chi connectivity index (χ1) is 9.11. The number of rotatable bonds is 10. The van der Waals surface area contributed by atoms with Gasteiger partial charge in [-0.15, -0.1) is 11.3 Å². The van der Waals surface area contributed by atoms with Crippen molar-refractivity contribution in [2.24, 2.45) is 0 Å². The molecule has 0 saturated carbocycles. The average molecular weight is 287 g/mol. The first kappa shape index (κ1) is 16.6. The molecule has 0 spiro atoms. The topological polar surface area (TPSA) is 41.9 Å². The molecular weight excluding hydrogens is 262 g/mol. The third-order valence-electron chi connectivity index (χ3n) is 2.66. The first-order valence-electron chi connectivity index (χ1n) is 6.65. The van der Waals surface area contributed by atoms with E-state index in [4.69, 9.17) is 9.47 Å². The lowest BCUT2D eigenvalue weighted by Gasteiger charge is -2.24. The number of aliphatic hydroxyl groups excluding tert-OH is 1. The van der Waals surface area contributed by atoms with E-state index < -0.39 is 6.10 Å². The second-order valence-electron chi connectivity index (χ2n) is 4.84. The van der Waals surface area contributed by atoms with Gasteiger partial charge in [-0.05, 0) is 25.3 Å². The summed E-state index contributed by atoms with van der Waals surface area (Å²) in [6, 6.07) is 4.16. The highest BCUT2D eigenvalue weighted by molar-refractivity contribution is 7.09. The van der Waals surface area contributed by atoms with Crippen molar-refractivity contribution < 1.29 is 14.6 Å². The maximum absolute atomic E-state index is 9.99. The van der Waals surface area contributed by atoms with E-state index >= 15 is 0 Å². The molecule has 4 nitrogen and oxygen atoms in total. The number of aliphatic hydroxyl groups is 1. The van der Waals surface area contributed by atoms with Crippen molar-refractivity contribution in [3.05, 3.63) is 22.4 Å². The number of hydrogen-bond donors (Lipinski definition) is 1. The Balaban J connectivity index is 2.39. The van der Waals surface area contributed by atoms with Crippen LogP contribution < -0.4 is 0 Å². The van der Waals surface area contributed by atoms with E-state index in [0.717, 1.165) is 13.1 Å². The first-order valence-corrected chi connectivity index (χ1v) is 7.53. The van der Waals surface area contributed by atoms with Crippen LogP contribution in [-0.4, -0.2) is 55.6 Å². The molecule has 0 bridgehead atoms. The summed E-state index contributed by atoms with van der Waals surface area (Å²) in [5.74, 6) is 0. The highest BCUT2D eigenvalue weighted by Gasteiger charge is 2.13. The van der Waals surface area contributed by atoms with Gasteiger partial charge in [-0.2, -0.15) is 0 Å². The summed E-state index contributed by atoms with van der Waals surface area (Å²) in [7, 11) is 1.70. The summed E-state index contributed by atoms with van der Waals surface area (Å²) in [5, 5.41) is 12.1. The smallest absolute Gasteiger partial charge is 0.0900 e. The molecule has 5 heteroatoms. The summed E-state index contributed by atoms with van der Waals surface area (Å²) in [4.78, 5) is 3.50. The standard InChI is InChI=1S/C14H25NO3S/c1-12(2)18-11-13(16)9-15(6-7-17-3)10-14-5-4-8-19-14/h4-5,8,12-13,16H,6-7,9-11H2,1-3H3. The molecule has 0 amide bonds. The van der Waals surface area contributed by atoms with Gasteiger partial charge in [0.15, 0.2) is 0 Å². The van der Waals surface area contributed by atoms with E-state index in [9.17, 15) is 5.11 Å². The Kier molecular flexibility index (Phi) is 8.25. The lowest BCUT2D eigenvalue weighted by atomic mass is 10.3. The van der Waals surface area contributed by atoms with E-state index in [1.165, 1.54) is 4.88 Å². The summed E-state index contributed by atoms with van der Waals surface area (Å²) in [6.07, 6.45) is -0.307. The molecule has 1 aromatic heterocycles. The molecular formula is C14H25NO3S. The Morgan fingerprint density at radius 2 is 2.21 bits per heavy atom. The van der Waals surface area contributed by atoms with Gasteiger partial charge in [-0.1, -0.05) is 6.07 Å². The molecule has 1 unspecified atom stereocenters. The molecule has 0 aliphatic heterocycles. The van der Waals surface area contributed by atoms with Crippen molar-refractivity contribution in [1.82, 2.24) is 4.90 Å². The SMILES string of the molecule is COCCN(Cc1cccs1)CC(O)COC(C)C. The van der Waals surface area contributed by atoms with Gasteiger partial charge in [-0.3, -0.25) is 4.90 Å². The number of ether oxygens (including phenoxy) is 2. The van der Waals surface area contributed by atoms with Crippen molar-refractivity contribution in [3.63, 3.8) is 0 Å². The van der Waals surface area contributed by atoms with E-state index in [1.807, 2.05) is 19.9 Å². The third-order valence-corrected chi connectivity index (χ3v) is 3.52. The summed E-state index contributed by atoms with van der Waals surface area (Å²) in [6.45, 7) is 7.26. The van der Waals surface area contributed by atoms with Gasteiger partial charge in [0.2, 0.25) is 0 Å². The molecule has 0 aromatic carbocycles. The molecule has 1 N–H and O–H groups in total. The fraction of sp³-hybridized carbons (Fsp3) is 0.714. The molecule has 0 aliphatic rings. The Labute approximate surface area is 120 Å². The van der Waals surface area contributed by atoms with Crippen LogP contribution in [0.3, 0.4) is 0 Å². The van der Waals surface area contributed by atoms with Crippen LogP contribution in [0.25, 0.3) is 0 Å². The molecule has 1 heterocycles. The molecule has 0 saturated heterocycles. The third kappa shape index (κ3) is 7.64. The van der Waals surface area contributed by atoms with E-state index in [-0.39, 0.29) is 6.10 Å². The predicted octanol–water partition coefficient (Wildman–Crippen LogP) is 1.98. The normalized spacial score (nSPS) is 13.4. The molecule has 0 radical (unpaired) electrons. The van der Waals surface area contributed by atoms with Gasteiger partial charge in [0.25, 0.3) is 0 Å². The van der Waals surface area contributed by atoms with Crippen LogP contribution >= 0.6 is 11.3 Å². The highest BCUT2D eigenvalue weighted by Crippen LogP contribution is 2.12. The Morgan fingerprint density at radius 3 is 2.79 bits per heavy atom. The van der Waals surface area contributed by atoms with Crippen molar-refractivity contribution in [2.75, 3.05) is 33.4 Å². The van der Waals surface area contributed by atoms with Gasteiger partial charge in [0.1, 0.15) is 0 Å². The molecule has 19 heavy (non-hydrogen) atoms. The summed E-state index contributed by atoms with van der Waals surface area (Å²) >= 11 is 1.73. The zero-order valence-corrected chi connectivity index (χ0v) is 12.9. The van der Waals surface area contributed by atoms with Crippen molar-refractivity contribution in [2.45, 2.75) is 32.6 Å². The Hall–Kier alpha value is -0.460. The fourth-order valence-corrected chi connectivity index (χ4v) is 2.48. The number of thiophene rings is 1. The maximum atomic E-state index is 9.99. The molecule has 1 atom stereocenters. The van der Waals surface area contributed by atoms with Crippen LogP contribution in [0.1, 0.15) is 18.7 Å². The highest BCUT2D eigenvalue weighted by atomic mass is 32.1. The van der Waals surface area contributed by atoms with Crippen LogP contribution in [0.15, 0.2) is 17.5 Å². The summed E-state index contributed by atoms with van der Waals surface area (Å²) < 4.78 is 10.6. The Bertz CT molecular complexity index is 317. The van der Waals surface area contributed by atoms with Gasteiger partial charge in [-0.25, -0.2) is 0 Å². The second kappa shape index (κ2) is 9.44. The number of nitrogens with zero attached hydrogens (tertiary/aromatic N) is 1. The van der Waals surface area contributed by atoms with Crippen molar-refractivity contribution in [1.29, 1.82) is 0 Å². The predicted molar refractivity (Wildman–Crippen MR) is 78.6 cm³/mol. The minimum atomic E-state index is -0.459. The zero-order chi connectivity index (χ0) is 14.1. The molecule has 0 fully saturated rings. The summed E-state index contributed by atoms with van der Waals surface area (Å²) in [5.41, 5.74) is 0. The zero-order valence-electron chi connectivity index (χ0n) is 12.0. The van der Waals surface area contributed by atoms with E-state index in [0.29, 0.717) is 19.8 Å². The number of hydrogen-bond acceptors (Lipinski definition) is 5. The average Bonchev–Trinajstić information content (AvgIpc) is 2.86. The van der Waals surface area contributed by atoms with Crippen LogP contribution in [0, 0.1) is 0 Å². The minimum absolute atomic E-state index is 0.152. The van der Waals surface area contributed by atoms with E-state index in [2.05, 4.69) is 16.3 Å². The van der Waals surface area contributed by atoms with Crippen molar-refractivity contribution >= 4 is 11.3 Å². The molecule has 110 valence electrons. The lowest BCUT2D eigenvalue weighted by Crippen LogP contribution is -2.36. The van der Waals surface area contributed by atoms with Crippen LogP contribution in [0.5, 0.6) is 0 Å². The largest absolute Gasteiger partial charge is 0.389 e. The molecule has 1 aromatic rings. The number of methoxy groups -OCH3 is 1. The fourth-order valence-electron chi connectivity index (χ4n) is 1.73.